The van der Waals surface area contributed by atoms with Crippen LogP contribution in [0.2, 0.25) is 0 Å². The van der Waals surface area contributed by atoms with Crippen LogP contribution in [-0.2, 0) is 31.8 Å². The van der Waals surface area contributed by atoms with E-state index in [1.54, 1.807) is 36.9 Å². The third-order valence-corrected chi connectivity index (χ3v) is 10.7. The van der Waals surface area contributed by atoms with E-state index in [2.05, 4.69) is 20.9 Å². The maximum Gasteiger partial charge on any atom is 0.417 e. The monoisotopic (exact) mass is 822 g/mol. The summed E-state index contributed by atoms with van der Waals surface area (Å²) in [6.07, 6.45) is -3.73. The fourth-order valence-corrected chi connectivity index (χ4v) is 7.70. The Morgan fingerprint density at radius 1 is 1.02 bits per heavy atom. The van der Waals surface area contributed by atoms with Gasteiger partial charge in [-0.3, -0.25) is 39.2 Å². The quantitative estimate of drug-likeness (QED) is 0.128. The maximum absolute atomic E-state index is 14.6. The Labute approximate surface area is 337 Å². The number of imide groups is 1. The molecule has 0 spiro atoms. The molecule has 58 heavy (non-hydrogen) atoms. The number of carbonyl (C=O) groups excluding carboxylic acids is 4. The number of piperidine rings is 1. The minimum absolute atomic E-state index is 0.000812. The van der Waals surface area contributed by atoms with Gasteiger partial charge in [-0.2, -0.15) is 18.4 Å². The average molecular weight is 823 g/mol. The van der Waals surface area contributed by atoms with Crippen molar-refractivity contribution in [2.45, 2.75) is 57.8 Å². The molecule has 3 fully saturated rings. The number of thiocarbonyl (C=S) groups is 1. The van der Waals surface area contributed by atoms with Crippen molar-refractivity contribution in [2.24, 2.45) is 0 Å². The van der Waals surface area contributed by atoms with Crippen molar-refractivity contribution in [3.8, 4) is 11.8 Å². The number of hydrogen-bond acceptors (Lipinski definition) is 10. The van der Waals surface area contributed by atoms with E-state index in [1.165, 1.54) is 24.3 Å². The van der Waals surface area contributed by atoms with Gasteiger partial charge in [-0.05, 0) is 99.1 Å². The molecule has 0 saturated carbocycles. The van der Waals surface area contributed by atoms with E-state index in [4.69, 9.17) is 17.0 Å². The summed E-state index contributed by atoms with van der Waals surface area (Å²) in [5, 5.41) is 17.1. The van der Waals surface area contributed by atoms with E-state index in [1.807, 2.05) is 17.9 Å². The van der Waals surface area contributed by atoms with Crippen LogP contribution in [-0.4, -0.2) is 96.0 Å². The van der Waals surface area contributed by atoms with Crippen molar-refractivity contribution < 1.29 is 41.5 Å². The Balaban J connectivity index is 1.00. The fourth-order valence-electron chi connectivity index (χ4n) is 7.17. The second kappa shape index (κ2) is 17.1. The van der Waals surface area contributed by atoms with Crippen LogP contribution in [0.25, 0.3) is 0 Å². The lowest BCUT2D eigenvalue weighted by Gasteiger charge is -2.34. The molecular formula is C40H42F4N8O5S. The summed E-state index contributed by atoms with van der Waals surface area (Å²) in [7, 11) is 0. The predicted octanol–water partition coefficient (Wildman–Crippen LogP) is 5.05. The normalized spacial score (nSPS) is 18.9. The zero-order valence-corrected chi connectivity index (χ0v) is 32.9. The lowest BCUT2D eigenvalue weighted by molar-refractivity contribution is -0.138. The summed E-state index contributed by atoms with van der Waals surface area (Å²) >= 11 is 5.69. The number of aryl methyl sites for hydroxylation is 1. The highest BCUT2D eigenvalue weighted by atomic mass is 32.1. The number of amides is 4. The number of nitrogens with zero attached hydrogens (tertiary/aromatic N) is 5. The Morgan fingerprint density at radius 2 is 1.72 bits per heavy atom. The number of halogens is 4. The first-order chi connectivity index (χ1) is 27.5. The minimum atomic E-state index is -4.81. The molecule has 3 aliphatic rings. The van der Waals surface area contributed by atoms with E-state index in [0.717, 1.165) is 22.6 Å². The molecule has 3 aliphatic heterocycles. The van der Waals surface area contributed by atoms with Gasteiger partial charge in [0.25, 0.3) is 5.91 Å². The first kappa shape index (κ1) is 42.0. The highest BCUT2D eigenvalue weighted by Crippen LogP contribution is 2.40. The Morgan fingerprint density at radius 3 is 2.40 bits per heavy atom. The Kier molecular flexibility index (Phi) is 12.4. The van der Waals surface area contributed by atoms with Crippen molar-refractivity contribution in [3.05, 3.63) is 77.1 Å². The number of rotatable bonds is 12. The van der Waals surface area contributed by atoms with Gasteiger partial charge in [0.15, 0.2) is 5.11 Å². The number of alkyl halides is 3. The third-order valence-electron chi connectivity index (χ3n) is 10.4. The molecule has 13 nitrogen and oxygen atoms in total. The molecule has 3 aromatic rings. The number of nitrogens with one attached hydrogen (secondary N) is 3. The molecule has 0 aromatic heterocycles. The van der Waals surface area contributed by atoms with Gasteiger partial charge < -0.3 is 20.3 Å². The first-order valence-corrected chi connectivity index (χ1v) is 19.1. The lowest BCUT2D eigenvalue weighted by Crippen LogP contribution is -2.49. The van der Waals surface area contributed by atoms with Crippen molar-refractivity contribution in [1.82, 2.24) is 15.1 Å². The molecular weight excluding hydrogens is 781 g/mol. The second-order valence-corrected chi connectivity index (χ2v) is 15.0. The molecule has 306 valence electrons. The Hall–Kier alpha value is -5.64. The molecule has 1 atom stereocenters. The first-order valence-electron chi connectivity index (χ1n) is 18.7. The van der Waals surface area contributed by atoms with E-state index >= 15 is 0 Å². The summed E-state index contributed by atoms with van der Waals surface area (Å²) in [5.41, 5.74) is -1.22. The van der Waals surface area contributed by atoms with Crippen LogP contribution in [0.5, 0.6) is 5.75 Å². The molecule has 3 aromatic carbocycles. The maximum atomic E-state index is 14.6. The van der Waals surface area contributed by atoms with Crippen LogP contribution in [0.4, 0.5) is 40.3 Å². The van der Waals surface area contributed by atoms with Crippen LogP contribution < -0.4 is 30.5 Å². The smallest absolute Gasteiger partial charge is 0.417 e. The summed E-state index contributed by atoms with van der Waals surface area (Å²) < 4.78 is 62.0. The summed E-state index contributed by atoms with van der Waals surface area (Å²) in [6.45, 7) is 8.82. The molecule has 0 radical (unpaired) electrons. The van der Waals surface area contributed by atoms with Gasteiger partial charge in [0.05, 0.1) is 35.1 Å². The van der Waals surface area contributed by atoms with Crippen molar-refractivity contribution in [3.63, 3.8) is 0 Å². The minimum Gasteiger partial charge on any atom is -0.492 e. The number of ether oxygens (including phenoxy) is 1. The fraction of sp³-hybridized carbons (Fsp3) is 0.400. The number of carbonyl (C=O) groups is 4. The predicted molar refractivity (Wildman–Crippen MR) is 212 cm³/mol. The molecule has 3 N–H and O–H groups in total. The van der Waals surface area contributed by atoms with Gasteiger partial charge in [0.1, 0.15) is 29.8 Å². The largest absolute Gasteiger partial charge is 0.492 e. The molecule has 1 unspecified atom stereocenters. The average Bonchev–Trinajstić information content (AvgIpc) is 3.36. The molecule has 3 saturated heterocycles. The van der Waals surface area contributed by atoms with E-state index in [-0.39, 0.29) is 41.3 Å². The lowest BCUT2D eigenvalue weighted by atomic mass is 10.0. The number of benzene rings is 3. The molecule has 6 rings (SSSR count). The Bertz CT molecular complexity index is 2170. The summed E-state index contributed by atoms with van der Waals surface area (Å²) in [5.74, 6) is -1.69. The second-order valence-electron chi connectivity index (χ2n) is 14.7. The van der Waals surface area contributed by atoms with Gasteiger partial charge in [0, 0.05) is 50.5 Å². The van der Waals surface area contributed by atoms with Gasteiger partial charge >= 0.3 is 6.18 Å². The number of nitriles is 1. The van der Waals surface area contributed by atoms with Crippen molar-refractivity contribution in [1.29, 1.82) is 5.26 Å². The topological polar surface area (TPSA) is 150 Å². The van der Waals surface area contributed by atoms with Crippen molar-refractivity contribution in [2.75, 3.05) is 66.3 Å². The van der Waals surface area contributed by atoms with Crippen LogP contribution >= 0.6 is 12.2 Å². The van der Waals surface area contributed by atoms with Gasteiger partial charge in [-0.25, -0.2) is 4.39 Å². The number of anilines is 4. The van der Waals surface area contributed by atoms with Crippen LogP contribution in [0.3, 0.4) is 0 Å². The molecule has 4 amide bonds. The molecule has 3 heterocycles. The standard InChI is InChI=1S/C40H42F4N8O5S/c1-4-24-19-28(52-38(58)51(37(56)39(52,2)3)27-7-5-25(22-45)29(21-27)40(42,43)44)8-11-33(24)57-18-17-49-13-15-50(16-14-49)23-35(54)47-32-20-26(6-9-30(32)41)46-31-10-12-34(53)48-36(31)55/h5-9,11,19-21,31,46H,4,10,12-18,23H2,1-3H3,(H,47,54)(H,48,53,55). The highest BCUT2D eigenvalue weighted by molar-refractivity contribution is 7.81. The molecule has 0 aliphatic carbocycles. The SMILES string of the molecule is CCc1cc(N2C(=S)N(c3ccc(C#N)c(C(F)(F)F)c3)C(=O)C2(C)C)ccc1OCCN1CCN(CC(=O)Nc2cc(NC3CCC(=O)NC3=O)ccc2F)CC1. The molecule has 18 heteroatoms. The van der Waals surface area contributed by atoms with Gasteiger partial charge in [0.2, 0.25) is 17.7 Å². The number of piperazine rings is 1. The third kappa shape index (κ3) is 9.06. The summed E-state index contributed by atoms with van der Waals surface area (Å²) in [4.78, 5) is 56.9. The zero-order chi connectivity index (χ0) is 41.9. The number of hydrogen-bond donors (Lipinski definition) is 3. The van der Waals surface area contributed by atoms with E-state index in [9.17, 15) is 42.0 Å². The molecule has 0 bridgehead atoms. The van der Waals surface area contributed by atoms with E-state index < -0.39 is 46.5 Å². The summed E-state index contributed by atoms with van der Waals surface area (Å²) in [6, 6.07) is 13.4. The highest BCUT2D eigenvalue weighted by Gasteiger charge is 2.51. The van der Waals surface area contributed by atoms with Crippen LogP contribution in [0, 0.1) is 17.1 Å². The van der Waals surface area contributed by atoms with Crippen LogP contribution in [0.15, 0.2) is 54.6 Å². The van der Waals surface area contributed by atoms with E-state index in [0.29, 0.717) is 69.3 Å². The van der Waals surface area contributed by atoms with Gasteiger partial charge in [-0.1, -0.05) is 6.92 Å². The van der Waals surface area contributed by atoms with Crippen LogP contribution in [0.1, 0.15) is 50.3 Å². The van der Waals surface area contributed by atoms with Crippen molar-refractivity contribution >= 4 is 63.7 Å². The van der Waals surface area contributed by atoms with Gasteiger partial charge in [-0.15, -0.1) is 0 Å². The zero-order valence-electron chi connectivity index (χ0n) is 32.0.